The molecule has 1 aliphatic rings. The molecule has 0 spiro atoms. The summed E-state index contributed by atoms with van der Waals surface area (Å²) >= 11 is 0. The number of benzene rings is 1. The monoisotopic (exact) mass is 346 g/mol. The molecule has 0 aliphatic carbocycles. The average molecular weight is 347 g/mol. The molecular weight excluding hydrogens is 312 g/mol. The zero-order chi connectivity index (χ0) is 18.2. The summed E-state index contributed by atoms with van der Waals surface area (Å²) in [5.74, 6) is 1.67. The first kappa shape index (κ1) is 19.8. The van der Waals surface area contributed by atoms with Crippen LogP contribution in [-0.2, 0) is 4.79 Å². The zero-order valence-electron chi connectivity index (χ0n) is 16.3. The van der Waals surface area contributed by atoms with Gasteiger partial charge in [-0.1, -0.05) is 26.0 Å². The van der Waals surface area contributed by atoms with Crippen molar-refractivity contribution in [3.8, 4) is 5.75 Å². The molecule has 1 aliphatic heterocycles. The number of piperidine rings is 1. The Hall–Kier alpha value is -1.55. The number of hydrogen-bond donors (Lipinski definition) is 1. The van der Waals surface area contributed by atoms with Gasteiger partial charge >= 0.3 is 0 Å². The molecule has 0 unspecified atom stereocenters. The number of carbonyl (C=O) groups is 1. The molecule has 2 rings (SSSR count). The number of nitrogens with one attached hydrogen (secondary N) is 1. The summed E-state index contributed by atoms with van der Waals surface area (Å²) < 4.78 is 5.97. The van der Waals surface area contributed by atoms with Crippen LogP contribution in [0.15, 0.2) is 18.2 Å². The largest absolute Gasteiger partial charge is 0.480 e. The van der Waals surface area contributed by atoms with E-state index < -0.39 is 6.10 Å². The van der Waals surface area contributed by atoms with Gasteiger partial charge in [-0.05, 0) is 82.3 Å². The predicted octanol–water partition coefficient (Wildman–Crippen LogP) is 3.70. The summed E-state index contributed by atoms with van der Waals surface area (Å²) in [5, 5.41) is 3.05. The lowest BCUT2D eigenvalue weighted by Crippen LogP contribution is -2.40. The van der Waals surface area contributed by atoms with Crippen molar-refractivity contribution in [1.82, 2.24) is 10.2 Å². The van der Waals surface area contributed by atoms with Crippen LogP contribution in [0.3, 0.4) is 0 Å². The van der Waals surface area contributed by atoms with Crippen molar-refractivity contribution in [2.45, 2.75) is 59.5 Å². The molecule has 0 radical (unpaired) electrons. The van der Waals surface area contributed by atoms with E-state index in [2.05, 4.69) is 30.1 Å². The van der Waals surface area contributed by atoms with Crippen LogP contribution in [0, 0.1) is 19.8 Å². The van der Waals surface area contributed by atoms with E-state index in [0.29, 0.717) is 6.42 Å². The fraction of sp³-hybridized carbons (Fsp3) is 0.667. The van der Waals surface area contributed by atoms with E-state index >= 15 is 0 Å². The Kier molecular flexibility index (Phi) is 7.76. The van der Waals surface area contributed by atoms with Gasteiger partial charge in [0.15, 0.2) is 6.10 Å². The van der Waals surface area contributed by atoms with Gasteiger partial charge in [0, 0.05) is 6.54 Å². The third-order valence-electron chi connectivity index (χ3n) is 5.31. The molecule has 1 aromatic rings. The number of carbonyl (C=O) groups excluding carboxylic acids is 1. The van der Waals surface area contributed by atoms with Gasteiger partial charge in [-0.25, -0.2) is 0 Å². The molecule has 1 amide bonds. The maximum absolute atomic E-state index is 12.4. The Morgan fingerprint density at radius 3 is 2.72 bits per heavy atom. The first-order chi connectivity index (χ1) is 12.0. The third kappa shape index (κ3) is 6.03. The van der Waals surface area contributed by atoms with Gasteiger partial charge in [0.25, 0.3) is 5.91 Å². The van der Waals surface area contributed by atoms with Crippen molar-refractivity contribution in [2.75, 3.05) is 26.2 Å². The van der Waals surface area contributed by atoms with E-state index in [0.717, 1.165) is 36.7 Å². The van der Waals surface area contributed by atoms with Crippen LogP contribution in [0.1, 0.15) is 50.7 Å². The highest BCUT2D eigenvalue weighted by atomic mass is 16.5. The van der Waals surface area contributed by atoms with E-state index in [4.69, 9.17) is 4.74 Å². The van der Waals surface area contributed by atoms with E-state index in [1.165, 1.54) is 31.5 Å². The smallest absolute Gasteiger partial charge is 0.261 e. The quantitative estimate of drug-likeness (QED) is 0.730. The zero-order valence-corrected chi connectivity index (χ0v) is 16.3. The van der Waals surface area contributed by atoms with Crippen LogP contribution in [0.2, 0.25) is 0 Å². The molecule has 140 valence electrons. The van der Waals surface area contributed by atoms with Crippen molar-refractivity contribution >= 4 is 5.91 Å². The highest BCUT2D eigenvalue weighted by Gasteiger charge is 2.19. The predicted molar refractivity (Wildman–Crippen MR) is 103 cm³/mol. The lowest BCUT2D eigenvalue weighted by molar-refractivity contribution is -0.128. The Morgan fingerprint density at radius 1 is 1.32 bits per heavy atom. The van der Waals surface area contributed by atoms with E-state index in [1.807, 2.05) is 26.0 Å². The number of amides is 1. The first-order valence-corrected chi connectivity index (χ1v) is 9.74. The molecule has 0 aromatic heterocycles. The number of aryl methyl sites for hydroxylation is 1. The molecule has 25 heavy (non-hydrogen) atoms. The Balaban J connectivity index is 1.73. The maximum Gasteiger partial charge on any atom is 0.261 e. The summed E-state index contributed by atoms with van der Waals surface area (Å²) in [6.07, 6.45) is 3.85. The van der Waals surface area contributed by atoms with Crippen molar-refractivity contribution in [1.29, 1.82) is 0 Å². The van der Waals surface area contributed by atoms with Gasteiger partial charge in [-0.3, -0.25) is 4.79 Å². The molecular formula is C21H34N2O2. The van der Waals surface area contributed by atoms with Crippen LogP contribution >= 0.6 is 0 Å². The molecule has 0 saturated carbocycles. The average Bonchev–Trinajstić information content (AvgIpc) is 2.61. The normalized spacial score (nSPS) is 17.3. The summed E-state index contributed by atoms with van der Waals surface area (Å²) in [5.41, 5.74) is 2.29. The molecule has 4 heteroatoms. The highest BCUT2D eigenvalue weighted by Crippen LogP contribution is 2.22. The number of ether oxygens (including phenoxy) is 1. The molecule has 1 atom stereocenters. The molecule has 0 bridgehead atoms. The Bertz CT molecular complexity index is 551. The second-order valence-electron chi connectivity index (χ2n) is 7.38. The van der Waals surface area contributed by atoms with Crippen LogP contribution in [0.5, 0.6) is 5.75 Å². The molecule has 1 fully saturated rings. The summed E-state index contributed by atoms with van der Waals surface area (Å²) in [6, 6.07) is 5.97. The topological polar surface area (TPSA) is 41.6 Å². The SMILES string of the molecule is CC[C@H](Oc1cccc(C)c1C)C(=O)NCCCN1CCC(C)CC1. The standard InChI is InChI=1S/C21H34N2O2/c1-5-19(25-20-9-6-8-17(3)18(20)4)21(24)22-12-7-13-23-14-10-16(2)11-15-23/h6,8-9,16,19H,5,7,10-15H2,1-4H3,(H,22,24)/t19-/m0/s1. The molecule has 1 N–H and O–H groups in total. The summed E-state index contributed by atoms with van der Waals surface area (Å²) in [6.45, 7) is 12.6. The second-order valence-corrected chi connectivity index (χ2v) is 7.38. The van der Waals surface area contributed by atoms with Crippen LogP contribution in [-0.4, -0.2) is 43.1 Å². The number of hydrogen-bond acceptors (Lipinski definition) is 3. The summed E-state index contributed by atoms with van der Waals surface area (Å²) in [4.78, 5) is 14.9. The number of rotatable bonds is 8. The van der Waals surface area contributed by atoms with E-state index in [-0.39, 0.29) is 5.91 Å². The molecule has 1 aromatic carbocycles. The van der Waals surface area contributed by atoms with Crippen molar-refractivity contribution in [3.05, 3.63) is 29.3 Å². The minimum Gasteiger partial charge on any atom is -0.480 e. The fourth-order valence-electron chi connectivity index (χ4n) is 3.24. The van der Waals surface area contributed by atoms with Crippen LogP contribution in [0.25, 0.3) is 0 Å². The van der Waals surface area contributed by atoms with Gasteiger partial charge in [-0.2, -0.15) is 0 Å². The minimum atomic E-state index is -0.420. The lowest BCUT2D eigenvalue weighted by Gasteiger charge is -2.30. The van der Waals surface area contributed by atoms with E-state index in [1.54, 1.807) is 0 Å². The minimum absolute atomic E-state index is 0.00401. The molecule has 4 nitrogen and oxygen atoms in total. The van der Waals surface area contributed by atoms with Crippen molar-refractivity contribution in [2.24, 2.45) is 5.92 Å². The Labute approximate surface area is 152 Å². The van der Waals surface area contributed by atoms with Crippen molar-refractivity contribution in [3.63, 3.8) is 0 Å². The fourth-order valence-corrected chi connectivity index (χ4v) is 3.24. The van der Waals surface area contributed by atoms with E-state index in [9.17, 15) is 4.79 Å². The Morgan fingerprint density at radius 2 is 2.04 bits per heavy atom. The van der Waals surface area contributed by atoms with Gasteiger partial charge < -0.3 is 15.0 Å². The van der Waals surface area contributed by atoms with Gasteiger partial charge in [0.1, 0.15) is 5.75 Å². The lowest BCUT2D eigenvalue weighted by atomic mass is 9.99. The maximum atomic E-state index is 12.4. The second kappa shape index (κ2) is 9.81. The number of likely N-dealkylation sites (tertiary alicyclic amines) is 1. The molecule has 1 saturated heterocycles. The highest BCUT2D eigenvalue weighted by molar-refractivity contribution is 5.81. The third-order valence-corrected chi connectivity index (χ3v) is 5.31. The molecule has 1 heterocycles. The van der Waals surface area contributed by atoms with Gasteiger partial charge in [0.05, 0.1) is 0 Å². The number of nitrogens with zero attached hydrogens (tertiary/aromatic N) is 1. The van der Waals surface area contributed by atoms with Gasteiger partial charge in [-0.15, -0.1) is 0 Å². The summed E-state index contributed by atoms with van der Waals surface area (Å²) in [7, 11) is 0. The van der Waals surface area contributed by atoms with Gasteiger partial charge in [0.2, 0.25) is 0 Å². The van der Waals surface area contributed by atoms with Crippen LogP contribution in [0.4, 0.5) is 0 Å². The van der Waals surface area contributed by atoms with Crippen molar-refractivity contribution < 1.29 is 9.53 Å². The van der Waals surface area contributed by atoms with Crippen LogP contribution < -0.4 is 10.1 Å². The first-order valence-electron chi connectivity index (χ1n) is 9.74.